The van der Waals surface area contributed by atoms with Crippen LogP contribution in [0.15, 0.2) is 42.5 Å². The standard InChI is InChI=1S/C15H12ClFN2S/c16-11-5-3-4-10(15(11)17)8-18-9-14-19-12-6-1-2-7-13(12)20-14/h1-7,18H,8-9H2. The Labute approximate surface area is 125 Å². The average Bonchev–Trinajstić information content (AvgIpc) is 2.86. The first-order chi connectivity index (χ1) is 9.74. The van der Waals surface area contributed by atoms with Crippen molar-refractivity contribution in [2.45, 2.75) is 13.1 Å². The Morgan fingerprint density at radius 2 is 1.95 bits per heavy atom. The molecular weight excluding hydrogens is 295 g/mol. The zero-order chi connectivity index (χ0) is 13.9. The van der Waals surface area contributed by atoms with Gasteiger partial charge in [0.1, 0.15) is 10.8 Å². The maximum atomic E-state index is 13.7. The number of aromatic nitrogens is 1. The number of thiazole rings is 1. The summed E-state index contributed by atoms with van der Waals surface area (Å²) in [5.41, 5.74) is 1.57. The van der Waals surface area contributed by atoms with Gasteiger partial charge in [0.2, 0.25) is 0 Å². The van der Waals surface area contributed by atoms with Crippen LogP contribution in [0.2, 0.25) is 5.02 Å². The van der Waals surface area contributed by atoms with E-state index in [0.717, 1.165) is 10.5 Å². The van der Waals surface area contributed by atoms with Crippen LogP contribution in [0, 0.1) is 5.82 Å². The minimum absolute atomic E-state index is 0.157. The molecule has 5 heteroatoms. The van der Waals surface area contributed by atoms with Crippen molar-refractivity contribution in [2.75, 3.05) is 0 Å². The molecule has 0 spiro atoms. The van der Waals surface area contributed by atoms with Crippen molar-refractivity contribution in [3.8, 4) is 0 Å². The maximum absolute atomic E-state index is 13.7. The van der Waals surface area contributed by atoms with Gasteiger partial charge in [0.25, 0.3) is 0 Å². The Morgan fingerprint density at radius 1 is 1.10 bits per heavy atom. The smallest absolute Gasteiger partial charge is 0.146 e. The Morgan fingerprint density at radius 3 is 2.80 bits per heavy atom. The van der Waals surface area contributed by atoms with Crippen molar-refractivity contribution in [1.82, 2.24) is 10.3 Å². The Hall–Kier alpha value is -1.49. The first-order valence-corrected chi connectivity index (χ1v) is 7.41. The number of nitrogens with one attached hydrogen (secondary N) is 1. The minimum Gasteiger partial charge on any atom is -0.306 e. The molecule has 2 aromatic carbocycles. The molecule has 3 rings (SSSR count). The van der Waals surface area contributed by atoms with Crippen molar-refractivity contribution in [3.63, 3.8) is 0 Å². The summed E-state index contributed by atoms with van der Waals surface area (Å²) in [4.78, 5) is 4.52. The van der Waals surface area contributed by atoms with Crippen molar-refractivity contribution in [2.24, 2.45) is 0 Å². The first-order valence-electron chi connectivity index (χ1n) is 6.22. The lowest BCUT2D eigenvalue weighted by atomic mass is 10.2. The lowest BCUT2D eigenvalue weighted by Crippen LogP contribution is -2.13. The number of para-hydroxylation sites is 1. The molecule has 1 N–H and O–H groups in total. The molecule has 0 atom stereocenters. The third-order valence-electron chi connectivity index (χ3n) is 2.96. The topological polar surface area (TPSA) is 24.9 Å². The largest absolute Gasteiger partial charge is 0.306 e. The molecule has 3 aromatic rings. The lowest BCUT2D eigenvalue weighted by molar-refractivity contribution is 0.588. The molecule has 102 valence electrons. The third kappa shape index (κ3) is 2.82. The molecule has 0 unspecified atom stereocenters. The minimum atomic E-state index is -0.356. The van der Waals surface area contributed by atoms with Gasteiger partial charge in [0, 0.05) is 18.7 Å². The number of hydrogen-bond acceptors (Lipinski definition) is 3. The second kappa shape index (κ2) is 5.87. The summed E-state index contributed by atoms with van der Waals surface area (Å²) in [5, 5.41) is 4.35. The van der Waals surface area contributed by atoms with E-state index in [2.05, 4.69) is 10.3 Å². The van der Waals surface area contributed by atoms with E-state index >= 15 is 0 Å². The van der Waals surface area contributed by atoms with E-state index in [4.69, 9.17) is 11.6 Å². The molecule has 0 aliphatic rings. The zero-order valence-corrected chi connectivity index (χ0v) is 12.1. The predicted molar refractivity (Wildman–Crippen MR) is 81.6 cm³/mol. The summed E-state index contributed by atoms with van der Waals surface area (Å²) < 4.78 is 14.9. The van der Waals surface area contributed by atoms with Gasteiger partial charge in [-0.3, -0.25) is 0 Å². The van der Waals surface area contributed by atoms with Crippen LogP contribution in [0.25, 0.3) is 10.2 Å². The fraction of sp³-hybridized carbons (Fsp3) is 0.133. The van der Waals surface area contributed by atoms with Gasteiger partial charge in [-0.05, 0) is 18.2 Å². The number of halogens is 2. The van der Waals surface area contributed by atoms with Gasteiger partial charge in [-0.15, -0.1) is 11.3 Å². The average molecular weight is 307 g/mol. The Balaban J connectivity index is 1.66. The molecule has 0 amide bonds. The third-order valence-corrected chi connectivity index (χ3v) is 4.29. The Bertz CT molecular complexity index is 709. The van der Waals surface area contributed by atoms with E-state index in [9.17, 15) is 4.39 Å². The molecule has 0 fully saturated rings. The maximum Gasteiger partial charge on any atom is 0.146 e. The number of fused-ring (bicyclic) bond motifs is 1. The molecule has 0 aliphatic heterocycles. The number of hydrogen-bond donors (Lipinski definition) is 1. The lowest BCUT2D eigenvalue weighted by Gasteiger charge is -2.05. The highest BCUT2D eigenvalue weighted by molar-refractivity contribution is 7.18. The van der Waals surface area contributed by atoms with Crippen LogP contribution in [0.5, 0.6) is 0 Å². The fourth-order valence-corrected chi connectivity index (χ4v) is 3.12. The van der Waals surface area contributed by atoms with Crippen LogP contribution in [0.4, 0.5) is 4.39 Å². The molecule has 1 heterocycles. The predicted octanol–water partition coefficient (Wildman–Crippen LogP) is 4.38. The second-order valence-electron chi connectivity index (χ2n) is 4.39. The van der Waals surface area contributed by atoms with Crippen molar-refractivity contribution in [3.05, 3.63) is 63.9 Å². The molecule has 0 bridgehead atoms. The van der Waals surface area contributed by atoms with E-state index < -0.39 is 0 Å². The van der Waals surface area contributed by atoms with Crippen molar-refractivity contribution < 1.29 is 4.39 Å². The highest BCUT2D eigenvalue weighted by Gasteiger charge is 2.07. The molecule has 0 aliphatic carbocycles. The van der Waals surface area contributed by atoms with E-state index in [1.807, 2.05) is 24.3 Å². The number of benzene rings is 2. The van der Waals surface area contributed by atoms with Crippen LogP contribution in [0.3, 0.4) is 0 Å². The monoisotopic (exact) mass is 306 g/mol. The molecule has 0 saturated carbocycles. The van der Waals surface area contributed by atoms with E-state index in [1.165, 1.54) is 4.70 Å². The van der Waals surface area contributed by atoms with Gasteiger partial charge in [0.15, 0.2) is 0 Å². The molecule has 1 aromatic heterocycles. The molecule has 2 nitrogen and oxygen atoms in total. The highest BCUT2D eigenvalue weighted by atomic mass is 35.5. The van der Waals surface area contributed by atoms with Crippen LogP contribution >= 0.6 is 22.9 Å². The Kier molecular flexibility index (Phi) is 3.96. The fourth-order valence-electron chi connectivity index (χ4n) is 1.98. The highest BCUT2D eigenvalue weighted by Crippen LogP contribution is 2.22. The summed E-state index contributed by atoms with van der Waals surface area (Å²) in [6.07, 6.45) is 0. The van der Waals surface area contributed by atoms with E-state index in [0.29, 0.717) is 18.7 Å². The second-order valence-corrected chi connectivity index (χ2v) is 5.91. The summed E-state index contributed by atoms with van der Waals surface area (Å²) in [7, 11) is 0. The van der Waals surface area contributed by atoms with Gasteiger partial charge in [0.05, 0.1) is 15.2 Å². The molecule has 0 saturated heterocycles. The van der Waals surface area contributed by atoms with Crippen LogP contribution < -0.4 is 5.32 Å². The molecule has 20 heavy (non-hydrogen) atoms. The van der Waals surface area contributed by atoms with Crippen LogP contribution in [-0.2, 0) is 13.1 Å². The quantitative estimate of drug-likeness (QED) is 0.774. The van der Waals surface area contributed by atoms with E-state index in [-0.39, 0.29) is 10.8 Å². The number of nitrogens with zero attached hydrogens (tertiary/aromatic N) is 1. The van der Waals surface area contributed by atoms with Gasteiger partial charge < -0.3 is 5.32 Å². The zero-order valence-electron chi connectivity index (χ0n) is 10.6. The van der Waals surface area contributed by atoms with E-state index in [1.54, 1.807) is 29.5 Å². The summed E-state index contributed by atoms with van der Waals surface area (Å²) >= 11 is 7.40. The van der Waals surface area contributed by atoms with Gasteiger partial charge >= 0.3 is 0 Å². The molecular formula is C15H12ClFN2S. The molecule has 0 radical (unpaired) electrons. The normalized spacial score (nSPS) is 11.1. The van der Waals surface area contributed by atoms with Crippen LogP contribution in [-0.4, -0.2) is 4.98 Å². The summed E-state index contributed by atoms with van der Waals surface area (Å²) in [5.74, 6) is -0.356. The van der Waals surface area contributed by atoms with Crippen molar-refractivity contribution in [1.29, 1.82) is 0 Å². The summed E-state index contributed by atoms with van der Waals surface area (Å²) in [6, 6.07) is 13.0. The van der Waals surface area contributed by atoms with Gasteiger partial charge in [-0.25, -0.2) is 9.37 Å². The summed E-state index contributed by atoms with van der Waals surface area (Å²) in [6.45, 7) is 1.05. The van der Waals surface area contributed by atoms with Crippen molar-refractivity contribution >= 4 is 33.2 Å². The van der Waals surface area contributed by atoms with Crippen LogP contribution in [0.1, 0.15) is 10.6 Å². The SMILES string of the molecule is Fc1c(Cl)cccc1CNCc1nc2ccccc2s1. The first kappa shape index (κ1) is 13.5. The van der Waals surface area contributed by atoms with Gasteiger partial charge in [-0.1, -0.05) is 35.9 Å². The number of rotatable bonds is 4. The van der Waals surface area contributed by atoms with Gasteiger partial charge in [-0.2, -0.15) is 0 Å².